The van der Waals surface area contributed by atoms with Crippen molar-refractivity contribution in [3.8, 4) is 0 Å². The molecule has 1 aliphatic heterocycles. The maximum Gasteiger partial charge on any atom is 0.290 e. The molecule has 0 aromatic carbocycles. The Bertz CT molecular complexity index is 965. The zero-order chi connectivity index (χ0) is 18.8. The minimum atomic E-state index is -0.170. The molecule has 0 saturated carbocycles. The van der Waals surface area contributed by atoms with Crippen LogP contribution >= 0.6 is 11.3 Å². The second-order valence-electron chi connectivity index (χ2n) is 6.47. The molecule has 0 aliphatic carbocycles. The average molecular weight is 381 g/mol. The van der Waals surface area contributed by atoms with E-state index < -0.39 is 0 Å². The van der Waals surface area contributed by atoms with Crippen LogP contribution in [0.4, 0.5) is 5.69 Å². The zero-order valence-electron chi connectivity index (χ0n) is 14.8. The largest absolute Gasteiger partial charge is 0.338 e. The summed E-state index contributed by atoms with van der Waals surface area (Å²) in [4.78, 5) is 39.9. The second-order valence-corrected chi connectivity index (χ2v) is 7.58. The van der Waals surface area contributed by atoms with Crippen LogP contribution in [-0.4, -0.2) is 38.2 Å². The van der Waals surface area contributed by atoms with E-state index in [1.165, 1.54) is 11.3 Å². The van der Waals surface area contributed by atoms with Crippen LogP contribution in [0.2, 0.25) is 0 Å². The van der Waals surface area contributed by atoms with Crippen molar-refractivity contribution >= 4 is 28.8 Å². The van der Waals surface area contributed by atoms with E-state index in [1.54, 1.807) is 30.7 Å². The number of anilines is 1. The quantitative estimate of drug-likeness (QED) is 0.725. The van der Waals surface area contributed by atoms with Crippen molar-refractivity contribution in [1.29, 1.82) is 0 Å². The first-order valence-electron chi connectivity index (χ1n) is 8.75. The van der Waals surface area contributed by atoms with E-state index in [-0.39, 0.29) is 17.9 Å². The third kappa shape index (κ3) is 3.61. The molecule has 1 saturated heterocycles. The lowest BCUT2D eigenvalue weighted by Gasteiger charge is -2.22. The molecule has 0 bridgehead atoms. The highest BCUT2D eigenvalue weighted by molar-refractivity contribution is 7.14. The Morgan fingerprint density at radius 2 is 2.19 bits per heavy atom. The number of likely N-dealkylation sites (tertiary alicyclic amines) is 1. The minimum Gasteiger partial charge on any atom is -0.338 e. The average Bonchev–Trinajstić information content (AvgIpc) is 3.41. The van der Waals surface area contributed by atoms with Crippen LogP contribution in [0.1, 0.15) is 49.7 Å². The highest BCUT2D eigenvalue weighted by Crippen LogP contribution is 2.36. The third-order valence-electron chi connectivity index (χ3n) is 4.52. The zero-order valence-corrected chi connectivity index (χ0v) is 15.6. The SMILES string of the molecule is Cc1cnc(C(=O)N2CCCC2c2ccc(C(=O)Nc3cccnc3)s2)[nH]1. The van der Waals surface area contributed by atoms with Gasteiger partial charge in [0.25, 0.3) is 11.8 Å². The monoisotopic (exact) mass is 381 g/mol. The molecule has 4 rings (SSSR count). The lowest BCUT2D eigenvalue weighted by molar-refractivity contribution is 0.0726. The van der Waals surface area contributed by atoms with E-state index in [2.05, 4.69) is 20.3 Å². The Labute approximate surface area is 160 Å². The van der Waals surface area contributed by atoms with Crippen LogP contribution in [0.15, 0.2) is 42.9 Å². The standard InChI is InChI=1S/C19H19N5O2S/c1-12-10-21-17(22-12)19(26)24-9-3-5-14(24)15-6-7-16(27-15)18(25)23-13-4-2-8-20-11-13/h2,4,6-8,10-11,14H,3,5,9H2,1H3,(H,21,22)(H,23,25). The van der Waals surface area contributed by atoms with Crippen molar-refractivity contribution in [3.63, 3.8) is 0 Å². The summed E-state index contributed by atoms with van der Waals surface area (Å²) in [7, 11) is 0. The Morgan fingerprint density at radius 1 is 1.30 bits per heavy atom. The Hall–Kier alpha value is -3.00. The maximum absolute atomic E-state index is 12.8. The molecule has 2 amide bonds. The molecule has 1 atom stereocenters. The number of amides is 2. The molecular formula is C19H19N5O2S. The topological polar surface area (TPSA) is 91.0 Å². The van der Waals surface area contributed by atoms with Gasteiger partial charge in [0, 0.05) is 29.5 Å². The summed E-state index contributed by atoms with van der Waals surface area (Å²) in [6.07, 6.45) is 6.74. The molecule has 27 heavy (non-hydrogen) atoms. The van der Waals surface area contributed by atoms with Gasteiger partial charge in [-0.2, -0.15) is 0 Å². The van der Waals surface area contributed by atoms with Gasteiger partial charge < -0.3 is 15.2 Å². The number of rotatable bonds is 4. The van der Waals surface area contributed by atoms with Crippen LogP contribution < -0.4 is 5.32 Å². The van der Waals surface area contributed by atoms with Gasteiger partial charge in [-0.15, -0.1) is 11.3 Å². The Morgan fingerprint density at radius 3 is 2.93 bits per heavy atom. The summed E-state index contributed by atoms with van der Waals surface area (Å²) < 4.78 is 0. The highest BCUT2D eigenvalue weighted by atomic mass is 32.1. The fourth-order valence-corrected chi connectivity index (χ4v) is 4.30. The summed E-state index contributed by atoms with van der Waals surface area (Å²) in [6.45, 7) is 2.57. The molecule has 4 heterocycles. The van der Waals surface area contributed by atoms with Crippen molar-refractivity contribution in [3.05, 3.63) is 64.1 Å². The maximum atomic E-state index is 12.8. The van der Waals surface area contributed by atoms with Crippen molar-refractivity contribution in [2.24, 2.45) is 0 Å². The summed E-state index contributed by atoms with van der Waals surface area (Å²) in [5.74, 6) is 0.0997. The number of pyridine rings is 1. The van der Waals surface area contributed by atoms with E-state index in [9.17, 15) is 9.59 Å². The summed E-state index contributed by atoms with van der Waals surface area (Å²) in [6, 6.07) is 7.29. The number of H-pyrrole nitrogens is 1. The van der Waals surface area contributed by atoms with Gasteiger partial charge in [0.2, 0.25) is 0 Å². The smallest absolute Gasteiger partial charge is 0.290 e. The molecular weight excluding hydrogens is 362 g/mol. The molecule has 1 fully saturated rings. The fraction of sp³-hybridized carbons (Fsp3) is 0.263. The molecule has 3 aromatic heterocycles. The van der Waals surface area contributed by atoms with E-state index in [0.717, 1.165) is 23.4 Å². The van der Waals surface area contributed by atoms with Crippen LogP contribution in [0.25, 0.3) is 0 Å². The first-order valence-corrected chi connectivity index (χ1v) is 9.57. The third-order valence-corrected chi connectivity index (χ3v) is 5.70. The van der Waals surface area contributed by atoms with Gasteiger partial charge in [0.1, 0.15) is 0 Å². The van der Waals surface area contributed by atoms with Gasteiger partial charge in [-0.1, -0.05) is 0 Å². The van der Waals surface area contributed by atoms with Crippen LogP contribution in [0.5, 0.6) is 0 Å². The Balaban J connectivity index is 1.50. The lowest BCUT2D eigenvalue weighted by Crippen LogP contribution is -2.31. The van der Waals surface area contributed by atoms with E-state index >= 15 is 0 Å². The van der Waals surface area contributed by atoms with Crippen molar-refractivity contribution in [2.75, 3.05) is 11.9 Å². The van der Waals surface area contributed by atoms with Crippen LogP contribution in [0.3, 0.4) is 0 Å². The molecule has 3 aromatic rings. The Kier molecular flexibility index (Phi) is 4.72. The second kappa shape index (κ2) is 7.32. The number of hydrogen-bond acceptors (Lipinski definition) is 5. The van der Waals surface area contributed by atoms with Crippen molar-refractivity contribution < 1.29 is 9.59 Å². The first kappa shape index (κ1) is 17.4. The number of aromatic amines is 1. The summed E-state index contributed by atoms with van der Waals surface area (Å²) >= 11 is 1.42. The minimum absolute atomic E-state index is 0.0205. The van der Waals surface area contributed by atoms with E-state index in [0.29, 0.717) is 22.9 Å². The van der Waals surface area contributed by atoms with Gasteiger partial charge >= 0.3 is 0 Å². The predicted molar refractivity (Wildman–Crippen MR) is 103 cm³/mol. The number of carbonyl (C=O) groups is 2. The number of hydrogen-bond donors (Lipinski definition) is 2. The number of carbonyl (C=O) groups excluding carboxylic acids is 2. The number of nitrogens with one attached hydrogen (secondary N) is 2. The number of imidazole rings is 1. The molecule has 2 N–H and O–H groups in total. The molecule has 7 nitrogen and oxygen atoms in total. The van der Waals surface area contributed by atoms with Crippen molar-refractivity contribution in [2.45, 2.75) is 25.8 Å². The molecule has 8 heteroatoms. The van der Waals surface area contributed by atoms with E-state index in [4.69, 9.17) is 0 Å². The number of aromatic nitrogens is 3. The molecule has 138 valence electrons. The first-order chi connectivity index (χ1) is 13.1. The highest BCUT2D eigenvalue weighted by Gasteiger charge is 2.33. The summed E-state index contributed by atoms with van der Waals surface area (Å²) in [5.41, 5.74) is 1.52. The van der Waals surface area contributed by atoms with Gasteiger partial charge in [0.05, 0.1) is 22.8 Å². The number of thiophene rings is 1. The van der Waals surface area contributed by atoms with Crippen molar-refractivity contribution in [1.82, 2.24) is 19.9 Å². The number of nitrogens with zero attached hydrogens (tertiary/aromatic N) is 3. The van der Waals surface area contributed by atoms with Gasteiger partial charge in [-0.3, -0.25) is 14.6 Å². The predicted octanol–water partition coefficient (Wildman–Crippen LogP) is 3.40. The van der Waals surface area contributed by atoms with Crippen LogP contribution in [-0.2, 0) is 0 Å². The lowest BCUT2D eigenvalue weighted by atomic mass is 10.2. The van der Waals surface area contributed by atoms with E-state index in [1.807, 2.05) is 24.0 Å². The molecule has 0 radical (unpaired) electrons. The van der Waals surface area contributed by atoms with Crippen LogP contribution in [0, 0.1) is 6.92 Å². The fourth-order valence-electron chi connectivity index (χ4n) is 3.25. The molecule has 1 unspecified atom stereocenters. The number of aryl methyl sites for hydroxylation is 1. The van der Waals surface area contributed by atoms with Gasteiger partial charge in [-0.05, 0) is 44.0 Å². The molecule has 1 aliphatic rings. The van der Waals surface area contributed by atoms with Gasteiger partial charge in [0.15, 0.2) is 5.82 Å². The normalized spacial score (nSPS) is 16.5. The summed E-state index contributed by atoms with van der Waals surface area (Å²) in [5, 5.41) is 2.84. The molecule has 0 spiro atoms. The van der Waals surface area contributed by atoms with Gasteiger partial charge in [-0.25, -0.2) is 4.98 Å².